The van der Waals surface area contributed by atoms with E-state index in [4.69, 9.17) is 0 Å². The lowest BCUT2D eigenvalue weighted by Gasteiger charge is -2.62. The number of carbonyl (C=O) groups is 1. The van der Waals surface area contributed by atoms with Crippen LogP contribution < -0.4 is 0 Å². The highest BCUT2D eigenvalue weighted by atomic mass is 32.2. The largest absolute Gasteiger partial charge is 0.456 e. The summed E-state index contributed by atoms with van der Waals surface area (Å²) in [6.45, 7) is 5.42. The molecule has 4 aliphatic carbocycles. The first kappa shape index (κ1) is 34.5. The number of aliphatic hydroxyl groups is 1. The molecule has 45 heavy (non-hydrogen) atoms. The molecule has 0 heterocycles. The van der Waals surface area contributed by atoms with E-state index >= 15 is 8.78 Å². The number of rotatable bonds is 9. The molecule has 7 atom stereocenters. The molecule has 0 bridgehead atoms. The maximum Gasteiger partial charge on any atom is 0.456 e. The number of hydrogen-bond donors (Lipinski definition) is 2. The second-order valence-corrected chi connectivity index (χ2v) is 16.2. The van der Waals surface area contributed by atoms with Gasteiger partial charge in [-0.1, -0.05) is 56.4 Å². The molecule has 4 aliphatic rings. The SMILES string of the molecule is Cc1ccc(S(=O)(=O)O)c(CCCCCC[C@@H]2CC3=CC(=O)CC[C@]3(C)C3CC[C@@]4(C)C(CC[C@@]4(O)C(F)(F)C(F)(F)F)C32)c1. The minimum absolute atomic E-state index is 0.00498. The van der Waals surface area contributed by atoms with Crippen molar-refractivity contribution in [3.63, 3.8) is 0 Å². The summed E-state index contributed by atoms with van der Waals surface area (Å²) in [5.74, 6) is -5.75. The van der Waals surface area contributed by atoms with Crippen LogP contribution in [0.15, 0.2) is 34.7 Å². The van der Waals surface area contributed by atoms with Crippen molar-refractivity contribution in [3.8, 4) is 0 Å². The van der Waals surface area contributed by atoms with E-state index in [0.29, 0.717) is 44.1 Å². The van der Waals surface area contributed by atoms with E-state index in [1.807, 2.05) is 6.92 Å². The Balaban J connectivity index is 1.33. The number of hydrogen-bond acceptors (Lipinski definition) is 4. The van der Waals surface area contributed by atoms with Crippen LogP contribution in [0.3, 0.4) is 0 Å². The minimum Gasteiger partial charge on any atom is -0.383 e. The maximum atomic E-state index is 15.0. The van der Waals surface area contributed by atoms with Gasteiger partial charge in [-0.2, -0.15) is 30.4 Å². The summed E-state index contributed by atoms with van der Waals surface area (Å²) in [6, 6.07) is 4.80. The van der Waals surface area contributed by atoms with Crippen molar-refractivity contribution in [1.82, 2.24) is 0 Å². The Kier molecular flexibility index (Phi) is 8.96. The van der Waals surface area contributed by atoms with Crippen molar-refractivity contribution in [2.45, 2.75) is 127 Å². The summed E-state index contributed by atoms with van der Waals surface area (Å²) in [5, 5.41) is 11.3. The smallest absolute Gasteiger partial charge is 0.383 e. The third-order valence-electron chi connectivity index (χ3n) is 12.4. The minimum atomic E-state index is -5.85. The molecule has 0 saturated heterocycles. The number of benzene rings is 1. The predicted molar refractivity (Wildman–Crippen MR) is 159 cm³/mol. The molecule has 3 saturated carbocycles. The highest BCUT2D eigenvalue weighted by molar-refractivity contribution is 7.85. The van der Waals surface area contributed by atoms with Gasteiger partial charge < -0.3 is 5.11 Å². The first-order valence-electron chi connectivity index (χ1n) is 16.2. The van der Waals surface area contributed by atoms with Crippen LogP contribution in [0, 0.1) is 41.4 Å². The fraction of sp³-hybridized carbons (Fsp3) is 0.735. The molecule has 2 N–H and O–H groups in total. The lowest BCUT2D eigenvalue weighted by atomic mass is 9.43. The van der Waals surface area contributed by atoms with Crippen LogP contribution in [0.5, 0.6) is 0 Å². The van der Waals surface area contributed by atoms with Gasteiger partial charge in [0.25, 0.3) is 10.1 Å². The number of fused-ring (bicyclic) bond motifs is 5. The molecule has 0 radical (unpaired) electrons. The molecule has 0 aromatic heterocycles. The normalized spacial score (nSPS) is 35.4. The lowest BCUT2D eigenvalue weighted by Crippen LogP contribution is -2.66. The third-order valence-corrected chi connectivity index (χ3v) is 13.4. The third kappa shape index (κ3) is 5.70. The molecule has 5 nitrogen and oxygen atoms in total. The molecule has 252 valence electrons. The van der Waals surface area contributed by atoms with Gasteiger partial charge in [-0.3, -0.25) is 9.35 Å². The zero-order chi connectivity index (χ0) is 33.2. The molecule has 11 heteroatoms. The van der Waals surface area contributed by atoms with E-state index in [2.05, 4.69) is 6.92 Å². The number of halogens is 5. The molecule has 1 aromatic carbocycles. The Labute approximate surface area is 262 Å². The Hall–Kier alpha value is -1.85. The average Bonchev–Trinajstić information content (AvgIpc) is 3.21. The molecule has 5 rings (SSSR count). The number of allylic oxidation sites excluding steroid dienone is 1. The summed E-state index contributed by atoms with van der Waals surface area (Å²) >= 11 is 0. The predicted octanol–water partition coefficient (Wildman–Crippen LogP) is 8.42. The van der Waals surface area contributed by atoms with Gasteiger partial charge in [0, 0.05) is 11.8 Å². The first-order chi connectivity index (χ1) is 20.8. The van der Waals surface area contributed by atoms with Crippen LogP contribution in [-0.4, -0.2) is 41.6 Å². The quantitative estimate of drug-likeness (QED) is 0.158. The number of unbranched alkanes of at least 4 members (excludes halogenated alkanes) is 3. The summed E-state index contributed by atoms with van der Waals surface area (Å²) < 4.78 is 104. The average molecular weight is 661 g/mol. The van der Waals surface area contributed by atoms with E-state index in [9.17, 15) is 36.0 Å². The molecule has 3 fully saturated rings. The number of carbonyl (C=O) groups excluding carboxylic acids is 1. The van der Waals surface area contributed by atoms with Crippen molar-refractivity contribution < 1.29 is 44.8 Å². The van der Waals surface area contributed by atoms with Crippen molar-refractivity contribution in [2.24, 2.45) is 34.5 Å². The van der Waals surface area contributed by atoms with Gasteiger partial charge in [0.05, 0.1) is 4.90 Å². The van der Waals surface area contributed by atoms with Crippen LogP contribution in [0.4, 0.5) is 22.0 Å². The monoisotopic (exact) mass is 660 g/mol. The fourth-order valence-corrected chi connectivity index (χ4v) is 10.7. The van der Waals surface area contributed by atoms with Gasteiger partial charge >= 0.3 is 12.1 Å². The van der Waals surface area contributed by atoms with Gasteiger partial charge in [-0.25, -0.2) is 0 Å². The topological polar surface area (TPSA) is 91.7 Å². The van der Waals surface area contributed by atoms with Gasteiger partial charge in [-0.15, -0.1) is 0 Å². The highest BCUT2D eigenvalue weighted by Gasteiger charge is 2.79. The number of alkyl halides is 5. The zero-order valence-corrected chi connectivity index (χ0v) is 27.0. The van der Waals surface area contributed by atoms with E-state index in [1.165, 1.54) is 13.0 Å². The van der Waals surface area contributed by atoms with Crippen LogP contribution >= 0.6 is 0 Å². The van der Waals surface area contributed by atoms with Crippen LogP contribution in [-0.2, 0) is 21.3 Å². The van der Waals surface area contributed by atoms with E-state index in [-0.39, 0.29) is 46.7 Å². The van der Waals surface area contributed by atoms with E-state index in [0.717, 1.165) is 36.8 Å². The maximum absolute atomic E-state index is 15.0. The number of ketones is 1. The van der Waals surface area contributed by atoms with Crippen LogP contribution in [0.25, 0.3) is 0 Å². The first-order valence-corrected chi connectivity index (χ1v) is 17.7. The summed E-state index contributed by atoms with van der Waals surface area (Å²) in [5.41, 5.74) is -2.56. The molecular formula is C34H45F5O5S. The standard InChI is InChI=1S/C34H45F5O5S/c1-21-10-11-28(45(42,43)44)22(18-21)8-6-4-5-7-9-23-19-24-20-25(40)12-15-30(24,2)26-13-16-31(3)27(29(23)26)14-17-32(31,41)33(35,36)34(37,38)39/h10-11,18,20,23,26-27,29,41H,4-9,12-17,19H2,1-3H3,(H,42,43,44)/t23-,26?,27?,29?,30+,31+,32+/m1/s1. The van der Waals surface area contributed by atoms with Crippen molar-refractivity contribution in [1.29, 1.82) is 0 Å². The Morgan fingerprint density at radius 2 is 1.62 bits per heavy atom. The molecular weight excluding hydrogens is 615 g/mol. The second-order valence-electron chi connectivity index (χ2n) is 14.8. The molecule has 0 spiro atoms. The highest BCUT2D eigenvalue weighted by Crippen LogP contribution is 2.72. The van der Waals surface area contributed by atoms with Crippen LogP contribution in [0.2, 0.25) is 0 Å². The molecule has 0 amide bonds. The lowest BCUT2D eigenvalue weighted by molar-refractivity contribution is -0.364. The van der Waals surface area contributed by atoms with Gasteiger partial charge in [0.1, 0.15) is 5.60 Å². The summed E-state index contributed by atoms with van der Waals surface area (Å²) in [6.07, 6.45) is 1.84. The Bertz CT molecular complexity index is 1450. The molecule has 1 aromatic rings. The van der Waals surface area contributed by atoms with Gasteiger partial charge in [0.15, 0.2) is 5.78 Å². The summed E-state index contributed by atoms with van der Waals surface area (Å²) in [7, 11) is -4.34. The van der Waals surface area contributed by atoms with Crippen molar-refractivity contribution >= 4 is 15.9 Å². The Morgan fingerprint density at radius 1 is 0.956 bits per heavy atom. The number of aryl methyl sites for hydroxylation is 2. The van der Waals surface area contributed by atoms with Gasteiger partial charge in [-0.05, 0) is 112 Å². The van der Waals surface area contributed by atoms with Crippen molar-refractivity contribution in [3.05, 3.63) is 41.0 Å². The zero-order valence-electron chi connectivity index (χ0n) is 26.2. The molecule has 3 unspecified atom stereocenters. The van der Waals surface area contributed by atoms with E-state index < -0.39 is 45.6 Å². The summed E-state index contributed by atoms with van der Waals surface area (Å²) in [4.78, 5) is 12.4. The fourth-order valence-electron chi connectivity index (χ4n) is 10.00. The van der Waals surface area contributed by atoms with E-state index in [1.54, 1.807) is 18.2 Å². The second kappa shape index (κ2) is 11.7. The van der Waals surface area contributed by atoms with Crippen molar-refractivity contribution in [2.75, 3.05) is 0 Å². The molecule has 0 aliphatic heterocycles. The Morgan fingerprint density at radius 3 is 2.29 bits per heavy atom. The van der Waals surface area contributed by atoms with Gasteiger partial charge in [0.2, 0.25) is 0 Å². The van der Waals surface area contributed by atoms with Crippen LogP contribution in [0.1, 0.15) is 102 Å².